The first kappa shape index (κ1) is 10.8. The summed E-state index contributed by atoms with van der Waals surface area (Å²) in [5, 5.41) is 7.37. The zero-order valence-corrected chi connectivity index (χ0v) is 9.63. The molecule has 0 radical (unpaired) electrons. The first-order valence-electron chi connectivity index (χ1n) is 5.02. The Bertz CT molecular complexity index is 180. The fourth-order valence-electron chi connectivity index (χ4n) is 1.13. The highest BCUT2D eigenvalue weighted by Gasteiger charge is 2.18. The van der Waals surface area contributed by atoms with Crippen LogP contribution >= 0.6 is 12.2 Å². The Kier molecular flexibility index (Phi) is 3.54. The molecule has 2 N–H and O–H groups in total. The van der Waals surface area contributed by atoms with E-state index in [4.69, 9.17) is 12.2 Å². The third kappa shape index (κ3) is 4.46. The average Bonchev–Trinajstić information content (AvgIpc) is 1.91. The molecule has 0 aliphatic heterocycles. The highest BCUT2D eigenvalue weighted by Crippen LogP contribution is 2.17. The molecule has 0 unspecified atom stereocenters. The predicted octanol–water partition coefficient (Wildman–Crippen LogP) is 2.05. The third-order valence-corrected chi connectivity index (χ3v) is 2.48. The van der Waals surface area contributed by atoms with Crippen LogP contribution in [-0.2, 0) is 0 Å². The normalized spacial score (nSPS) is 17.8. The van der Waals surface area contributed by atoms with Crippen molar-refractivity contribution in [3.05, 3.63) is 0 Å². The van der Waals surface area contributed by atoms with Crippen molar-refractivity contribution in [3.8, 4) is 0 Å². The molecule has 2 nitrogen and oxygen atoms in total. The van der Waals surface area contributed by atoms with Crippen LogP contribution in [0.3, 0.4) is 0 Å². The van der Waals surface area contributed by atoms with Crippen LogP contribution in [0, 0.1) is 5.41 Å². The molecule has 0 bridgehead atoms. The fourth-order valence-corrected chi connectivity index (χ4v) is 1.37. The van der Waals surface area contributed by atoms with Crippen LogP contribution in [0.1, 0.15) is 40.0 Å². The van der Waals surface area contributed by atoms with Crippen molar-refractivity contribution in [2.45, 2.75) is 46.1 Å². The van der Waals surface area contributed by atoms with Gasteiger partial charge in [-0.25, -0.2) is 0 Å². The molecule has 13 heavy (non-hydrogen) atoms. The summed E-state index contributed by atoms with van der Waals surface area (Å²) in [6.07, 6.45) is 3.90. The van der Waals surface area contributed by atoms with E-state index < -0.39 is 0 Å². The Morgan fingerprint density at radius 3 is 2.38 bits per heavy atom. The van der Waals surface area contributed by atoms with E-state index in [2.05, 4.69) is 31.4 Å². The molecule has 0 saturated heterocycles. The van der Waals surface area contributed by atoms with Crippen LogP contribution in [0.25, 0.3) is 0 Å². The van der Waals surface area contributed by atoms with Crippen LogP contribution in [-0.4, -0.2) is 17.7 Å². The quantitative estimate of drug-likeness (QED) is 0.667. The molecule has 0 atom stereocenters. The minimum atomic E-state index is 0.297. The van der Waals surface area contributed by atoms with Crippen molar-refractivity contribution < 1.29 is 0 Å². The van der Waals surface area contributed by atoms with E-state index >= 15 is 0 Å². The topological polar surface area (TPSA) is 24.1 Å². The van der Waals surface area contributed by atoms with Crippen molar-refractivity contribution in [1.82, 2.24) is 10.6 Å². The summed E-state index contributed by atoms with van der Waals surface area (Å²) >= 11 is 5.18. The number of hydrogen-bond donors (Lipinski definition) is 2. The van der Waals surface area contributed by atoms with Crippen molar-refractivity contribution >= 4 is 17.3 Å². The molecular formula is C10H20N2S. The number of nitrogens with one attached hydrogen (secondary N) is 2. The predicted molar refractivity (Wildman–Crippen MR) is 60.8 cm³/mol. The fraction of sp³-hybridized carbons (Fsp3) is 0.900. The molecule has 0 amide bonds. The lowest BCUT2D eigenvalue weighted by Gasteiger charge is -2.29. The van der Waals surface area contributed by atoms with E-state index in [1.54, 1.807) is 0 Å². The molecule has 0 aromatic carbocycles. The van der Waals surface area contributed by atoms with Gasteiger partial charge in [-0.1, -0.05) is 20.8 Å². The second-order valence-electron chi connectivity index (χ2n) is 5.02. The van der Waals surface area contributed by atoms with Gasteiger partial charge in [0.15, 0.2) is 5.11 Å². The summed E-state index contributed by atoms with van der Waals surface area (Å²) < 4.78 is 0. The molecule has 0 heterocycles. The second kappa shape index (κ2) is 4.27. The molecule has 76 valence electrons. The second-order valence-corrected chi connectivity index (χ2v) is 5.42. The molecule has 0 aromatic rings. The van der Waals surface area contributed by atoms with Crippen LogP contribution < -0.4 is 10.6 Å². The maximum absolute atomic E-state index is 5.18. The van der Waals surface area contributed by atoms with E-state index in [0.717, 1.165) is 11.7 Å². The maximum Gasteiger partial charge on any atom is 0.166 e. The lowest BCUT2D eigenvalue weighted by molar-refractivity contribution is 0.373. The Labute approximate surface area is 86.5 Å². The van der Waals surface area contributed by atoms with Crippen LogP contribution in [0.15, 0.2) is 0 Å². The van der Waals surface area contributed by atoms with Gasteiger partial charge in [0.05, 0.1) is 0 Å². The number of hydrogen-bond acceptors (Lipinski definition) is 1. The lowest BCUT2D eigenvalue weighted by Crippen LogP contribution is -2.46. The van der Waals surface area contributed by atoms with Crippen LogP contribution in [0.5, 0.6) is 0 Å². The Hall–Kier alpha value is -0.310. The van der Waals surface area contributed by atoms with E-state index in [1.165, 1.54) is 19.3 Å². The van der Waals surface area contributed by atoms with Gasteiger partial charge < -0.3 is 10.6 Å². The minimum absolute atomic E-state index is 0.297. The molecule has 0 spiro atoms. The molecule has 3 heteroatoms. The average molecular weight is 200 g/mol. The standard InChI is InChI=1S/C10H20N2S/c1-10(2,3)7-11-9(13)12-8-5-4-6-8/h8H,4-7H2,1-3H3,(H2,11,12,13). The first-order valence-corrected chi connectivity index (χ1v) is 5.42. The summed E-state index contributed by atoms with van der Waals surface area (Å²) in [5.74, 6) is 0. The van der Waals surface area contributed by atoms with Gasteiger partial charge in [0.2, 0.25) is 0 Å². The molecule has 0 aromatic heterocycles. The zero-order valence-electron chi connectivity index (χ0n) is 8.81. The summed E-state index contributed by atoms with van der Waals surface area (Å²) in [6.45, 7) is 7.54. The largest absolute Gasteiger partial charge is 0.362 e. The van der Waals surface area contributed by atoms with Crippen molar-refractivity contribution in [2.24, 2.45) is 5.41 Å². The highest BCUT2D eigenvalue weighted by molar-refractivity contribution is 7.80. The van der Waals surface area contributed by atoms with Gasteiger partial charge in [0, 0.05) is 12.6 Å². The van der Waals surface area contributed by atoms with Gasteiger partial charge in [-0.3, -0.25) is 0 Å². The van der Waals surface area contributed by atoms with E-state index in [-0.39, 0.29) is 0 Å². The first-order chi connectivity index (χ1) is 5.97. The molecule has 1 fully saturated rings. The molecule has 1 rings (SSSR count). The van der Waals surface area contributed by atoms with Gasteiger partial charge in [-0.05, 0) is 36.9 Å². The Balaban J connectivity index is 2.10. The van der Waals surface area contributed by atoms with Gasteiger partial charge in [0.25, 0.3) is 0 Å². The monoisotopic (exact) mass is 200 g/mol. The molecule has 1 aliphatic carbocycles. The van der Waals surface area contributed by atoms with Crippen molar-refractivity contribution in [1.29, 1.82) is 0 Å². The molecular weight excluding hydrogens is 180 g/mol. The summed E-state index contributed by atoms with van der Waals surface area (Å²) in [5.41, 5.74) is 0.297. The van der Waals surface area contributed by atoms with E-state index in [9.17, 15) is 0 Å². The van der Waals surface area contributed by atoms with Crippen LogP contribution in [0.4, 0.5) is 0 Å². The zero-order chi connectivity index (χ0) is 9.90. The number of rotatable bonds is 2. The van der Waals surface area contributed by atoms with Crippen molar-refractivity contribution in [3.63, 3.8) is 0 Å². The Morgan fingerprint density at radius 2 is 2.00 bits per heavy atom. The number of thiocarbonyl (C=S) groups is 1. The van der Waals surface area contributed by atoms with E-state index in [1.807, 2.05) is 0 Å². The minimum Gasteiger partial charge on any atom is -0.362 e. The van der Waals surface area contributed by atoms with Gasteiger partial charge in [-0.2, -0.15) is 0 Å². The smallest absolute Gasteiger partial charge is 0.166 e. The van der Waals surface area contributed by atoms with Crippen molar-refractivity contribution in [2.75, 3.05) is 6.54 Å². The van der Waals surface area contributed by atoms with Gasteiger partial charge in [0.1, 0.15) is 0 Å². The summed E-state index contributed by atoms with van der Waals surface area (Å²) in [4.78, 5) is 0. The maximum atomic E-state index is 5.18. The molecule has 1 aliphatic rings. The van der Waals surface area contributed by atoms with Gasteiger partial charge >= 0.3 is 0 Å². The SMILES string of the molecule is CC(C)(C)CNC(=S)NC1CCC1. The van der Waals surface area contributed by atoms with E-state index in [0.29, 0.717) is 11.5 Å². The van der Waals surface area contributed by atoms with Gasteiger partial charge in [-0.15, -0.1) is 0 Å². The lowest BCUT2D eigenvalue weighted by atomic mass is 9.93. The Morgan fingerprint density at radius 1 is 1.38 bits per heavy atom. The highest BCUT2D eigenvalue weighted by atomic mass is 32.1. The summed E-state index contributed by atoms with van der Waals surface area (Å²) in [7, 11) is 0. The third-order valence-electron chi connectivity index (χ3n) is 2.22. The molecule has 1 saturated carbocycles. The summed E-state index contributed by atoms with van der Waals surface area (Å²) in [6, 6.07) is 0.639. The van der Waals surface area contributed by atoms with Crippen LogP contribution in [0.2, 0.25) is 0 Å².